The first-order valence-electron chi connectivity index (χ1n) is 4.77. The lowest BCUT2D eigenvalue weighted by Crippen LogP contribution is -2.12. The average Bonchev–Trinajstić information content (AvgIpc) is 2.29. The van der Waals surface area contributed by atoms with Crippen LogP contribution in [0.25, 0.3) is 0 Å². The average molecular weight is 254 g/mol. The molecule has 0 aliphatic heterocycles. The summed E-state index contributed by atoms with van der Waals surface area (Å²) in [5.41, 5.74) is 1.91. The highest BCUT2D eigenvalue weighted by Crippen LogP contribution is 2.25. The summed E-state index contributed by atoms with van der Waals surface area (Å²) in [6.07, 6.45) is 4.60. The van der Waals surface area contributed by atoms with Crippen LogP contribution < -0.4 is 5.32 Å². The van der Waals surface area contributed by atoms with Gasteiger partial charge in [0.05, 0.1) is 5.69 Å². The Hall–Kier alpha value is -1.18. The van der Waals surface area contributed by atoms with E-state index in [9.17, 15) is 0 Å². The summed E-state index contributed by atoms with van der Waals surface area (Å²) in [5.74, 6) is 0. The quantitative estimate of drug-likeness (QED) is 0.381. The van der Waals surface area contributed by atoms with E-state index in [1.54, 1.807) is 6.07 Å². The minimum atomic E-state index is 0.569. The molecule has 0 bridgehead atoms. The Bertz CT molecular complexity index is 437. The summed E-state index contributed by atoms with van der Waals surface area (Å²) in [4.78, 5) is 4.36. The van der Waals surface area contributed by atoms with Gasteiger partial charge >= 0.3 is 0 Å². The Kier molecular flexibility index (Phi) is 5.17. The topological polar surface area (TPSA) is 48.2 Å². The summed E-state index contributed by atoms with van der Waals surface area (Å²) in [7, 11) is 0. The Morgan fingerprint density at radius 3 is 2.94 bits per heavy atom. The van der Waals surface area contributed by atoms with Crippen molar-refractivity contribution in [3.8, 4) is 6.19 Å². The van der Waals surface area contributed by atoms with Crippen LogP contribution in [-0.2, 0) is 6.42 Å². The molecule has 0 aliphatic rings. The second kappa shape index (κ2) is 6.41. The summed E-state index contributed by atoms with van der Waals surface area (Å²) < 4.78 is 0. The maximum Gasteiger partial charge on any atom is 0.183 e. The molecule has 0 unspecified atom stereocenters. The molecule has 84 valence electrons. The minimum Gasteiger partial charge on any atom is -0.271 e. The van der Waals surface area contributed by atoms with Gasteiger partial charge in [0.25, 0.3) is 0 Å². The highest BCUT2D eigenvalue weighted by Gasteiger charge is 2.02. The zero-order valence-electron chi connectivity index (χ0n) is 9.12. The van der Waals surface area contributed by atoms with Crippen LogP contribution in [0.4, 0.5) is 5.69 Å². The van der Waals surface area contributed by atoms with E-state index in [1.807, 2.05) is 24.6 Å². The molecule has 0 aromatic heterocycles. The number of nitrogens with zero attached hydrogens (tertiary/aromatic N) is 2. The summed E-state index contributed by atoms with van der Waals surface area (Å²) in [6, 6.07) is 5.59. The van der Waals surface area contributed by atoms with Crippen molar-refractivity contribution in [2.75, 3.05) is 6.26 Å². The fourth-order valence-electron chi connectivity index (χ4n) is 1.22. The number of hydrogen-bond donors (Lipinski definition) is 1. The predicted octanol–water partition coefficient (Wildman–Crippen LogP) is 3.32. The van der Waals surface area contributed by atoms with E-state index in [1.165, 1.54) is 11.8 Å². The number of rotatable bonds is 2. The van der Waals surface area contributed by atoms with Crippen LogP contribution in [-0.4, -0.2) is 11.4 Å². The zero-order valence-corrected chi connectivity index (χ0v) is 10.7. The van der Waals surface area contributed by atoms with Crippen LogP contribution in [0.1, 0.15) is 12.5 Å². The van der Waals surface area contributed by atoms with E-state index < -0.39 is 0 Å². The highest BCUT2D eigenvalue weighted by atomic mass is 35.5. The number of nitriles is 1. The van der Waals surface area contributed by atoms with Crippen LogP contribution >= 0.6 is 23.4 Å². The van der Waals surface area contributed by atoms with E-state index in [-0.39, 0.29) is 0 Å². The smallest absolute Gasteiger partial charge is 0.183 e. The molecule has 1 aromatic carbocycles. The van der Waals surface area contributed by atoms with Gasteiger partial charge in [0.1, 0.15) is 0 Å². The van der Waals surface area contributed by atoms with Gasteiger partial charge in [-0.1, -0.05) is 36.4 Å². The first-order chi connectivity index (χ1) is 7.71. The number of benzene rings is 1. The number of aliphatic imine (C=N–C) groups is 1. The van der Waals surface area contributed by atoms with Gasteiger partial charge in [0, 0.05) is 5.02 Å². The standard InChI is InChI=1S/C11H12ClN3S/c1-3-8-4-5-9(12)6-10(8)15-11(16-2)14-7-13/h4-6H,3H2,1-2H3,(H,14,15). The molecular weight excluding hydrogens is 242 g/mol. The van der Waals surface area contributed by atoms with Crippen LogP contribution in [0.5, 0.6) is 0 Å². The van der Waals surface area contributed by atoms with E-state index >= 15 is 0 Å². The zero-order chi connectivity index (χ0) is 12.0. The fraction of sp³-hybridized carbons (Fsp3) is 0.273. The van der Waals surface area contributed by atoms with Gasteiger partial charge in [0.15, 0.2) is 11.4 Å². The Morgan fingerprint density at radius 1 is 1.62 bits per heavy atom. The van der Waals surface area contributed by atoms with E-state index in [0.717, 1.165) is 17.7 Å². The van der Waals surface area contributed by atoms with Crippen LogP contribution in [0.2, 0.25) is 5.02 Å². The van der Waals surface area contributed by atoms with Crippen molar-refractivity contribution in [2.45, 2.75) is 13.3 Å². The molecule has 0 saturated heterocycles. The monoisotopic (exact) mass is 253 g/mol. The first-order valence-corrected chi connectivity index (χ1v) is 6.37. The fourth-order valence-corrected chi connectivity index (χ4v) is 1.73. The molecule has 0 fully saturated rings. The Balaban J connectivity index is 3.11. The van der Waals surface area contributed by atoms with Crippen molar-refractivity contribution in [3.63, 3.8) is 0 Å². The molecule has 0 amide bonds. The van der Waals surface area contributed by atoms with Crippen LogP contribution in [0.3, 0.4) is 0 Å². The number of halogens is 1. The van der Waals surface area contributed by atoms with E-state index in [0.29, 0.717) is 10.2 Å². The third-order valence-electron chi connectivity index (χ3n) is 2.01. The molecule has 0 heterocycles. The lowest BCUT2D eigenvalue weighted by Gasteiger charge is -2.05. The molecule has 1 aromatic rings. The third kappa shape index (κ3) is 3.44. The van der Waals surface area contributed by atoms with Crippen molar-refractivity contribution in [2.24, 2.45) is 4.99 Å². The molecule has 16 heavy (non-hydrogen) atoms. The maximum absolute atomic E-state index is 8.55. The summed E-state index contributed by atoms with van der Waals surface area (Å²) in [5, 5.41) is 12.3. The number of hydrogen-bond acceptors (Lipinski definition) is 3. The Labute approximate surface area is 105 Å². The van der Waals surface area contributed by atoms with E-state index in [4.69, 9.17) is 16.9 Å². The van der Waals surface area contributed by atoms with Crippen molar-refractivity contribution in [1.82, 2.24) is 5.32 Å². The Morgan fingerprint density at radius 2 is 2.38 bits per heavy atom. The summed E-state index contributed by atoms with van der Waals surface area (Å²) in [6.45, 7) is 2.05. The number of nitrogens with one attached hydrogen (secondary N) is 1. The largest absolute Gasteiger partial charge is 0.271 e. The molecule has 0 aliphatic carbocycles. The van der Waals surface area contributed by atoms with Crippen molar-refractivity contribution in [1.29, 1.82) is 5.26 Å². The van der Waals surface area contributed by atoms with Crippen molar-refractivity contribution < 1.29 is 0 Å². The SMILES string of the molecule is CCc1ccc(Cl)cc1N=C(NC#N)SC. The molecule has 5 heteroatoms. The van der Waals surface area contributed by atoms with Gasteiger partial charge in [-0.2, -0.15) is 5.26 Å². The molecule has 1 rings (SSSR count). The first kappa shape index (κ1) is 12.9. The number of thioether (sulfide) groups is 1. The normalized spacial score (nSPS) is 11.0. The molecular formula is C11H12ClN3S. The van der Waals surface area contributed by atoms with Gasteiger partial charge in [-0.15, -0.1) is 0 Å². The second-order valence-corrected chi connectivity index (χ2v) is 4.22. The predicted molar refractivity (Wildman–Crippen MR) is 70.2 cm³/mol. The lowest BCUT2D eigenvalue weighted by atomic mass is 10.1. The highest BCUT2D eigenvalue weighted by molar-refractivity contribution is 8.13. The maximum atomic E-state index is 8.55. The number of aryl methyl sites for hydroxylation is 1. The van der Waals surface area contributed by atoms with Crippen molar-refractivity contribution in [3.05, 3.63) is 28.8 Å². The second-order valence-electron chi connectivity index (χ2n) is 2.98. The van der Waals surface area contributed by atoms with Gasteiger partial charge in [-0.05, 0) is 30.4 Å². The molecule has 1 N–H and O–H groups in total. The molecule has 0 radical (unpaired) electrons. The number of amidine groups is 1. The molecule has 0 atom stereocenters. The summed E-state index contributed by atoms with van der Waals surface area (Å²) >= 11 is 7.30. The minimum absolute atomic E-state index is 0.569. The molecule has 0 saturated carbocycles. The van der Waals surface area contributed by atoms with Gasteiger partial charge in [0.2, 0.25) is 0 Å². The van der Waals surface area contributed by atoms with Gasteiger partial charge in [-0.3, -0.25) is 5.32 Å². The third-order valence-corrected chi connectivity index (χ3v) is 2.82. The van der Waals surface area contributed by atoms with Gasteiger partial charge in [-0.25, -0.2) is 4.99 Å². The van der Waals surface area contributed by atoms with Crippen LogP contribution in [0.15, 0.2) is 23.2 Å². The van der Waals surface area contributed by atoms with Gasteiger partial charge < -0.3 is 0 Å². The lowest BCUT2D eigenvalue weighted by molar-refractivity contribution is 1.13. The molecule has 0 spiro atoms. The van der Waals surface area contributed by atoms with E-state index in [2.05, 4.69) is 17.2 Å². The van der Waals surface area contributed by atoms with Crippen molar-refractivity contribution >= 4 is 34.2 Å². The van der Waals surface area contributed by atoms with Crippen LogP contribution in [0, 0.1) is 11.5 Å². The molecule has 3 nitrogen and oxygen atoms in total.